The van der Waals surface area contributed by atoms with E-state index in [2.05, 4.69) is 11.4 Å². The van der Waals surface area contributed by atoms with E-state index in [0.717, 1.165) is 12.8 Å². The molecule has 2 aliphatic rings. The van der Waals surface area contributed by atoms with E-state index in [1.807, 2.05) is 0 Å². The number of nitrogens with one attached hydrogen (secondary N) is 1. The van der Waals surface area contributed by atoms with Gasteiger partial charge in [0.25, 0.3) is 0 Å². The molecule has 2 rings (SSSR count). The summed E-state index contributed by atoms with van der Waals surface area (Å²) in [5.74, 6) is -1.56. The van der Waals surface area contributed by atoms with Gasteiger partial charge in [-0.1, -0.05) is 0 Å². The SMILES string of the molecule is C[C@@](C#N)(NC(=O)CN1CCC[C@H](C(F)(F)F)C1)C1CC1. The second-order valence-electron chi connectivity index (χ2n) is 6.25. The zero-order valence-electron chi connectivity index (χ0n) is 12.0. The standard InChI is InChI=1S/C14H20F3N3O/c1-13(9-18,10-4-5-10)19-12(21)8-20-6-2-3-11(7-20)14(15,16)17/h10-11H,2-8H2,1H3,(H,19,21)/t11-,13-/m0/s1. The number of likely N-dealkylation sites (tertiary alicyclic amines) is 1. The molecule has 0 radical (unpaired) electrons. The van der Waals surface area contributed by atoms with E-state index in [1.54, 1.807) is 6.92 Å². The van der Waals surface area contributed by atoms with Gasteiger partial charge in [-0.25, -0.2) is 0 Å². The summed E-state index contributed by atoms with van der Waals surface area (Å²) in [5, 5.41) is 11.9. The first-order valence-corrected chi connectivity index (χ1v) is 7.26. The summed E-state index contributed by atoms with van der Waals surface area (Å²) in [4.78, 5) is 13.5. The van der Waals surface area contributed by atoms with Crippen LogP contribution in [0.3, 0.4) is 0 Å². The van der Waals surface area contributed by atoms with E-state index in [4.69, 9.17) is 0 Å². The minimum Gasteiger partial charge on any atom is -0.337 e. The van der Waals surface area contributed by atoms with E-state index in [-0.39, 0.29) is 31.3 Å². The van der Waals surface area contributed by atoms with Gasteiger partial charge in [0, 0.05) is 6.54 Å². The Morgan fingerprint density at radius 3 is 2.52 bits per heavy atom. The maximum absolute atomic E-state index is 12.7. The molecule has 1 heterocycles. The molecule has 21 heavy (non-hydrogen) atoms. The van der Waals surface area contributed by atoms with Crippen molar-refractivity contribution in [1.82, 2.24) is 10.2 Å². The van der Waals surface area contributed by atoms with Crippen LogP contribution in [0.5, 0.6) is 0 Å². The zero-order valence-corrected chi connectivity index (χ0v) is 12.0. The smallest absolute Gasteiger partial charge is 0.337 e. The van der Waals surface area contributed by atoms with Crippen LogP contribution in [0.25, 0.3) is 0 Å². The molecule has 0 aromatic carbocycles. The van der Waals surface area contributed by atoms with Crippen LogP contribution < -0.4 is 5.32 Å². The molecule has 0 aromatic rings. The van der Waals surface area contributed by atoms with Crippen LogP contribution in [0.1, 0.15) is 32.6 Å². The summed E-state index contributed by atoms with van der Waals surface area (Å²) >= 11 is 0. The first kappa shape index (κ1) is 16.1. The van der Waals surface area contributed by atoms with Crippen molar-refractivity contribution in [2.45, 2.75) is 44.3 Å². The number of rotatable bonds is 4. The van der Waals surface area contributed by atoms with Gasteiger partial charge in [-0.3, -0.25) is 9.69 Å². The highest BCUT2D eigenvalue weighted by atomic mass is 19.4. The average Bonchev–Trinajstić information content (AvgIpc) is 3.22. The topological polar surface area (TPSA) is 56.1 Å². The molecule has 1 saturated carbocycles. The second kappa shape index (κ2) is 5.84. The van der Waals surface area contributed by atoms with Gasteiger partial charge in [-0.05, 0) is 45.1 Å². The molecule has 4 nitrogen and oxygen atoms in total. The lowest BCUT2D eigenvalue weighted by atomic mass is 9.96. The summed E-state index contributed by atoms with van der Waals surface area (Å²) in [6, 6.07) is 2.11. The van der Waals surface area contributed by atoms with Crippen LogP contribution in [-0.2, 0) is 4.79 Å². The van der Waals surface area contributed by atoms with E-state index in [0.29, 0.717) is 13.0 Å². The van der Waals surface area contributed by atoms with Gasteiger partial charge in [0.05, 0.1) is 18.5 Å². The highest BCUT2D eigenvalue weighted by molar-refractivity contribution is 5.79. The van der Waals surface area contributed by atoms with Crippen molar-refractivity contribution in [3.8, 4) is 6.07 Å². The lowest BCUT2D eigenvalue weighted by Gasteiger charge is -2.34. The summed E-state index contributed by atoms with van der Waals surface area (Å²) in [6.07, 6.45) is -1.83. The van der Waals surface area contributed by atoms with Crippen molar-refractivity contribution in [3.05, 3.63) is 0 Å². The van der Waals surface area contributed by atoms with Gasteiger partial charge in [-0.2, -0.15) is 18.4 Å². The molecule has 1 aliphatic heterocycles. The van der Waals surface area contributed by atoms with Crippen molar-refractivity contribution < 1.29 is 18.0 Å². The van der Waals surface area contributed by atoms with Gasteiger partial charge >= 0.3 is 6.18 Å². The van der Waals surface area contributed by atoms with Gasteiger partial charge in [0.1, 0.15) is 5.54 Å². The molecule has 2 fully saturated rings. The molecule has 0 spiro atoms. The highest BCUT2D eigenvalue weighted by Crippen LogP contribution is 2.39. The fourth-order valence-corrected chi connectivity index (χ4v) is 2.88. The lowest BCUT2D eigenvalue weighted by molar-refractivity contribution is -0.187. The first-order valence-electron chi connectivity index (χ1n) is 7.26. The maximum atomic E-state index is 12.7. The zero-order chi connectivity index (χ0) is 15.7. The number of carbonyl (C=O) groups is 1. The van der Waals surface area contributed by atoms with Crippen molar-refractivity contribution in [1.29, 1.82) is 5.26 Å². The van der Waals surface area contributed by atoms with Gasteiger partial charge in [0.2, 0.25) is 5.91 Å². The van der Waals surface area contributed by atoms with E-state index in [9.17, 15) is 23.2 Å². The third-order valence-corrected chi connectivity index (χ3v) is 4.36. The second-order valence-corrected chi connectivity index (χ2v) is 6.25. The third kappa shape index (κ3) is 4.10. The maximum Gasteiger partial charge on any atom is 0.393 e. The molecule has 1 aliphatic carbocycles. The predicted molar refractivity (Wildman–Crippen MR) is 70.1 cm³/mol. The van der Waals surface area contributed by atoms with Crippen molar-refractivity contribution >= 4 is 5.91 Å². The first-order chi connectivity index (χ1) is 9.74. The van der Waals surface area contributed by atoms with Crippen LogP contribution >= 0.6 is 0 Å². The summed E-state index contributed by atoms with van der Waals surface area (Å²) in [7, 11) is 0. The Morgan fingerprint density at radius 1 is 1.33 bits per heavy atom. The summed E-state index contributed by atoms with van der Waals surface area (Å²) < 4.78 is 38.2. The van der Waals surface area contributed by atoms with Crippen LogP contribution in [0.15, 0.2) is 0 Å². The van der Waals surface area contributed by atoms with Crippen LogP contribution in [0.4, 0.5) is 13.2 Å². The number of carbonyl (C=O) groups excluding carboxylic acids is 1. The van der Waals surface area contributed by atoms with Crippen LogP contribution in [0, 0.1) is 23.2 Å². The molecule has 0 aromatic heterocycles. The quantitative estimate of drug-likeness (QED) is 0.865. The van der Waals surface area contributed by atoms with Gasteiger partial charge in [0.15, 0.2) is 0 Å². The molecule has 1 saturated heterocycles. The minimum atomic E-state index is -4.20. The Labute approximate surface area is 122 Å². The number of hydrogen-bond acceptors (Lipinski definition) is 3. The summed E-state index contributed by atoms with van der Waals surface area (Å²) in [6.45, 7) is 1.96. The number of hydrogen-bond donors (Lipinski definition) is 1. The molecule has 0 bridgehead atoms. The fourth-order valence-electron chi connectivity index (χ4n) is 2.88. The minimum absolute atomic E-state index is 0.0728. The number of nitriles is 1. The Hall–Kier alpha value is -1.29. The number of halogens is 3. The number of piperidine rings is 1. The monoisotopic (exact) mass is 303 g/mol. The number of nitrogens with zero attached hydrogens (tertiary/aromatic N) is 2. The Bertz CT molecular complexity index is 442. The largest absolute Gasteiger partial charge is 0.393 e. The molecule has 1 amide bonds. The van der Waals surface area contributed by atoms with E-state index < -0.39 is 17.6 Å². The molecule has 2 atom stereocenters. The third-order valence-electron chi connectivity index (χ3n) is 4.36. The van der Waals surface area contributed by atoms with Gasteiger partial charge in [-0.15, -0.1) is 0 Å². The Kier molecular flexibility index (Phi) is 4.47. The normalized spacial score (nSPS) is 26.7. The van der Waals surface area contributed by atoms with E-state index >= 15 is 0 Å². The Balaban J connectivity index is 1.86. The van der Waals surface area contributed by atoms with Crippen LogP contribution in [0.2, 0.25) is 0 Å². The predicted octanol–water partition coefficient (Wildman–Crippen LogP) is 2.07. The Morgan fingerprint density at radius 2 is 2.00 bits per heavy atom. The number of amides is 1. The van der Waals surface area contributed by atoms with Gasteiger partial charge < -0.3 is 5.32 Å². The molecular formula is C14H20F3N3O. The van der Waals surface area contributed by atoms with Crippen molar-refractivity contribution in [3.63, 3.8) is 0 Å². The number of alkyl halides is 3. The van der Waals surface area contributed by atoms with E-state index in [1.165, 1.54) is 4.90 Å². The fraction of sp³-hybridized carbons (Fsp3) is 0.857. The molecule has 1 N–H and O–H groups in total. The molecule has 118 valence electrons. The molecule has 7 heteroatoms. The molecule has 0 unspecified atom stereocenters. The van der Waals surface area contributed by atoms with Crippen molar-refractivity contribution in [2.24, 2.45) is 11.8 Å². The van der Waals surface area contributed by atoms with Crippen molar-refractivity contribution in [2.75, 3.05) is 19.6 Å². The molecular weight excluding hydrogens is 283 g/mol. The highest BCUT2D eigenvalue weighted by Gasteiger charge is 2.44. The lowest BCUT2D eigenvalue weighted by Crippen LogP contribution is -2.52. The summed E-state index contributed by atoms with van der Waals surface area (Å²) in [5.41, 5.74) is -0.893. The van der Waals surface area contributed by atoms with Crippen LogP contribution in [-0.4, -0.2) is 42.2 Å². The average molecular weight is 303 g/mol.